The summed E-state index contributed by atoms with van der Waals surface area (Å²) in [6.45, 7) is 9.24. The minimum Gasteiger partial charge on any atom is -0.490 e. The number of benzene rings is 3. The number of piperidine rings is 1. The Morgan fingerprint density at radius 2 is 1.68 bits per heavy atom. The van der Waals surface area contributed by atoms with E-state index in [2.05, 4.69) is 6.07 Å². The van der Waals surface area contributed by atoms with Crippen molar-refractivity contribution >= 4 is 28.5 Å². The van der Waals surface area contributed by atoms with Crippen molar-refractivity contribution in [3.8, 4) is 11.8 Å². The Kier molecular flexibility index (Phi) is 7.68. The van der Waals surface area contributed by atoms with E-state index < -0.39 is 5.60 Å². The number of amides is 2. The van der Waals surface area contributed by atoms with Crippen LogP contribution in [0.3, 0.4) is 0 Å². The average molecular weight is 500 g/mol. The molecule has 7 heteroatoms. The van der Waals surface area contributed by atoms with Gasteiger partial charge in [-0.2, -0.15) is 5.26 Å². The summed E-state index contributed by atoms with van der Waals surface area (Å²) >= 11 is 0. The van der Waals surface area contributed by atoms with Gasteiger partial charge in [-0.25, -0.2) is 4.79 Å². The van der Waals surface area contributed by atoms with E-state index in [4.69, 9.17) is 9.47 Å². The van der Waals surface area contributed by atoms with Crippen LogP contribution >= 0.6 is 0 Å². The third kappa shape index (κ3) is 6.39. The SMILES string of the molecule is CCN(C(=O)c1ccc2ccc(C#N)cc2c1)c1ccc(OC2CCN(C(=O)OC(C)(C)C)CC2)cc1. The first-order valence-corrected chi connectivity index (χ1v) is 12.7. The van der Waals surface area contributed by atoms with Crippen molar-refractivity contribution in [1.82, 2.24) is 4.90 Å². The van der Waals surface area contributed by atoms with Crippen LogP contribution in [0.4, 0.5) is 10.5 Å². The molecule has 1 aliphatic rings. The molecule has 0 spiro atoms. The molecule has 0 aliphatic carbocycles. The molecule has 0 unspecified atom stereocenters. The maximum absolute atomic E-state index is 13.3. The molecule has 1 saturated heterocycles. The van der Waals surface area contributed by atoms with Crippen LogP contribution in [0, 0.1) is 11.3 Å². The van der Waals surface area contributed by atoms with Gasteiger partial charge in [0.05, 0.1) is 11.6 Å². The number of fused-ring (bicyclic) bond motifs is 1. The highest BCUT2D eigenvalue weighted by Gasteiger charge is 2.27. The van der Waals surface area contributed by atoms with Crippen LogP contribution < -0.4 is 9.64 Å². The maximum atomic E-state index is 13.3. The van der Waals surface area contributed by atoms with Gasteiger partial charge in [-0.05, 0) is 87.0 Å². The topological polar surface area (TPSA) is 82.9 Å². The molecule has 3 aromatic carbocycles. The van der Waals surface area contributed by atoms with Gasteiger partial charge in [-0.15, -0.1) is 0 Å². The van der Waals surface area contributed by atoms with Crippen LogP contribution in [0.5, 0.6) is 5.75 Å². The van der Waals surface area contributed by atoms with Gasteiger partial charge in [0.1, 0.15) is 17.5 Å². The first-order valence-electron chi connectivity index (χ1n) is 12.7. The molecule has 0 atom stereocenters. The van der Waals surface area contributed by atoms with E-state index >= 15 is 0 Å². The number of carbonyl (C=O) groups excluding carboxylic acids is 2. The van der Waals surface area contributed by atoms with Crippen LogP contribution in [0.15, 0.2) is 60.7 Å². The molecule has 3 aromatic rings. The Hall–Kier alpha value is -4.05. The van der Waals surface area contributed by atoms with Crippen molar-refractivity contribution in [1.29, 1.82) is 5.26 Å². The van der Waals surface area contributed by atoms with Gasteiger partial charge in [0.25, 0.3) is 5.91 Å². The predicted molar refractivity (Wildman–Crippen MR) is 144 cm³/mol. The monoisotopic (exact) mass is 499 g/mol. The minimum atomic E-state index is -0.505. The first-order chi connectivity index (χ1) is 17.7. The summed E-state index contributed by atoms with van der Waals surface area (Å²) in [5.74, 6) is 0.632. The fourth-order valence-electron chi connectivity index (χ4n) is 4.43. The Morgan fingerprint density at radius 3 is 2.30 bits per heavy atom. The van der Waals surface area contributed by atoms with E-state index in [9.17, 15) is 14.9 Å². The van der Waals surface area contributed by atoms with Gasteiger partial charge in [0.2, 0.25) is 0 Å². The second-order valence-electron chi connectivity index (χ2n) is 10.2. The van der Waals surface area contributed by atoms with Gasteiger partial charge < -0.3 is 19.3 Å². The van der Waals surface area contributed by atoms with Gasteiger partial charge >= 0.3 is 6.09 Å². The molecule has 0 N–H and O–H groups in total. The van der Waals surface area contributed by atoms with Gasteiger partial charge in [0.15, 0.2) is 0 Å². The van der Waals surface area contributed by atoms with Gasteiger partial charge in [0, 0.05) is 43.7 Å². The summed E-state index contributed by atoms with van der Waals surface area (Å²) in [6, 6.07) is 20.7. The second-order valence-corrected chi connectivity index (χ2v) is 10.2. The number of likely N-dealkylation sites (tertiary alicyclic amines) is 1. The summed E-state index contributed by atoms with van der Waals surface area (Å²) in [5.41, 5.74) is 1.41. The molecule has 0 aromatic heterocycles. The Balaban J connectivity index is 1.38. The zero-order valence-electron chi connectivity index (χ0n) is 21.9. The molecule has 0 radical (unpaired) electrons. The number of ether oxygens (including phenoxy) is 2. The second kappa shape index (κ2) is 10.9. The molecule has 1 fully saturated rings. The zero-order chi connectivity index (χ0) is 26.6. The fraction of sp³-hybridized carbons (Fsp3) is 0.367. The number of anilines is 1. The molecule has 1 heterocycles. The highest BCUT2D eigenvalue weighted by Crippen LogP contribution is 2.26. The molecule has 2 amide bonds. The minimum absolute atomic E-state index is 0.0179. The van der Waals surface area contributed by atoms with E-state index in [0.29, 0.717) is 30.8 Å². The van der Waals surface area contributed by atoms with Crippen molar-refractivity contribution in [2.45, 2.75) is 52.2 Å². The Labute approximate surface area is 218 Å². The lowest BCUT2D eigenvalue weighted by Crippen LogP contribution is -2.44. The summed E-state index contributed by atoms with van der Waals surface area (Å²) in [4.78, 5) is 29.1. The van der Waals surface area contributed by atoms with E-state index in [1.54, 1.807) is 21.9 Å². The molecule has 37 heavy (non-hydrogen) atoms. The number of nitrogens with zero attached hydrogens (tertiary/aromatic N) is 3. The molecule has 192 valence electrons. The molecular weight excluding hydrogens is 466 g/mol. The third-order valence-corrected chi connectivity index (χ3v) is 6.32. The number of carbonyl (C=O) groups is 2. The van der Waals surface area contributed by atoms with Gasteiger partial charge in [-0.1, -0.05) is 12.1 Å². The van der Waals surface area contributed by atoms with Gasteiger partial charge in [-0.3, -0.25) is 4.79 Å². The number of rotatable bonds is 5. The van der Waals surface area contributed by atoms with Crippen molar-refractivity contribution in [2.24, 2.45) is 0 Å². The van der Waals surface area contributed by atoms with E-state index in [-0.39, 0.29) is 18.1 Å². The molecule has 0 bridgehead atoms. The lowest BCUT2D eigenvalue weighted by molar-refractivity contribution is 0.0126. The highest BCUT2D eigenvalue weighted by atomic mass is 16.6. The summed E-state index contributed by atoms with van der Waals surface area (Å²) < 4.78 is 11.6. The van der Waals surface area contributed by atoms with E-state index in [1.165, 1.54) is 0 Å². The van der Waals surface area contributed by atoms with Crippen LogP contribution in [0.2, 0.25) is 0 Å². The number of nitriles is 1. The molecule has 1 aliphatic heterocycles. The Morgan fingerprint density at radius 1 is 1.00 bits per heavy atom. The van der Waals surface area contributed by atoms with Crippen molar-refractivity contribution in [3.05, 3.63) is 71.8 Å². The van der Waals surface area contributed by atoms with Crippen LogP contribution in [0.25, 0.3) is 10.8 Å². The quantitative estimate of drug-likeness (QED) is 0.420. The Bertz CT molecular complexity index is 1310. The lowest BCUT2D eigenvalue weighted by atomic mass is 10.0. The lowest BCUT2D eigenvalue weighted by Gasteiger charge is -2.33. The molecule has 7 nitrogen and oxygen atoms in total. The molecule has 4 rings (SSSR count). The van der Waals surface area contributed by atoms with Crippen LogP contribution in [-0.2, 0) is 4.74 Å². The van der Waals surface area contributed by atoms with Crippen molar-refractivity contribution < 1.29 is 19.1 Å². The highest BCUT2D eigenvalue weighted by molar-refractivity contribution is 6.08. The van der Waals surface area contributed by atoms with Crippen molar-refractivity contribution in [3.63, 3.8) is 0 Å². The molecular formula is C30H33N3O4. The summed E-state index contributed by atoms with van der Waals surface area (Å²) in [5, 5.41) is 11.0. The van der Waals surface area contributed by atoms with E-state index in [0.717, 1.165) is 35.1 Å². The smallest absolute Gasteiger partial charge is 0.410 e. The van der Waals surface area contributed by atoms with Crippen LogP contribution in [0.1, 0.15) is 56.5 Å². The molecule has 0 saturated carbocycles. The van der Waals surface area contributed by atoms with Crippen LogP contribution in [-0.4, -0.2) is 48.2 Å². The predicted octanol–water partition coefficient (Wildman–Crippen LogP) is 6.16. The van der Waals surface area contributed by atoms with Crippen molar-refractivity contribution in [2.75, 3.05) is 24.5 Å². The average Bonchev–Trinajstić information content (AvgIpc) is 2.88. The summed E-state index contributed by atoms with van der Waals surface area (Å²) in [6.07, 6.45) is 1.20. The maximum Gasteiger partial charge on any atom is 0.410 e. The van der Waals surface area contributed by atoms with E-state index in [1.807, 2.05) is 76.2 Å². The number of hydrogen-bond donors (Lipinski definition) is 0. The fourth-order valence-corrected chi connectivity index (χ4v) is 4.43. The normalized spacial score (nSPS) is 14.2. The zero-order valence-corrected chi connectivity index (χ0v) is 21.9. The largest absolute Gasteiger partial charge is 0.490 e. The standard InChI is InChI=1S/C30H33N3O4/c1-5-33(28(34)23-9-8-22-7-6-21(20-31)18-24(22)19-23)25-10-12-26(13-11-25)36-27-14-16-32(17-15-27)29(35)37-30(2,3)4/h6-13,18-19,27H,5,14-17H2,1-4H3. The number of hydrogen-bond acceptors (Lipinski definition) is 5. The first kappa shape index (κ1) is 26.0. The summed E-state index contributed by atoms with van der Waals surface area (Å²) in [7, 11) is 0. The third-order valence-electron chi connectivity index (χ3n) is 6.32.